The van der Waals surface area contributed by atoms with E-state index in [1.807, 2.05) is 0 Å². The summed E-state index contributed by atoms with van der Waals surface area (Å²) in [7, 11) is -3.74. The van der Waals surface area contributed by atoms with Crippen LogP contribution in [0.2, 0.25) is 0 Å². The molecule has 1 heterocycles. The van der Waals surface area contributed by atoms with Gasteiger partial charge in [0.25, 0.3) is 0 Å². The van der Waals surface area contributed by atoms with E-state index in [9.17, 15) is 13.2 Å². The van der Waals surface area contributed by atoms with Crippen LogP contribution in [0, 0.1) is 5.92 Å². The average Bonchev–Trinajstić information content (AvgIpc) is 2.40. The molecule has 3 rings (SSSR count). The number of nitrogens with two attached hydrogens (primary N) is 1. The fraction of sp³-hybridized carbons (Fsp3) is 0.500. The van der Waals surface area contributed by atoms with Crippen molar-refractivity contribution in [2.45, 2.75) is 36.6 Å². The third-order valence-corrected chi connectivity index (χ3v) is 5.00. The van der Waals surface area contributed by atoms with Gasteiger partial charge in [-0.1, -0.05) is 0 Å². The van der Waals surface area contributed by atoms with E-state index >= 15 is 0 Å². The molecule has 0 radical (unpaired) electrons. The first-order valence-corrected chi connectivity index (χ1v) is 8.57. The van der Waals surface area contributed by atoms with Crippen LogP contribution < -0.4 is 15.2 Å². The molecule has 7 heteroatoms. The van der Waals surface area contributed by atoms with Crippen molar-refractivity contribution < 1.29 is 17.9 Å². The van der Waals surface area contributed by atoms with E-state index in [1.165, 1.54) is 12.1 Å². The van der Waals surface area contributed by atoms with Crippen LogP contribution in [-0.4, -0.2) is 27.0 Å². The van der Waals surface area contributed by atoms with Gasteiger partial charge in [0.2, 0.25) is 15.9 Å². The monoisotopic (exact) mass is 310 g/mol. The van der Waals surface area contributed by atoms with E-state index in [-0.39, 0.29) is 22.8 Å². The number of benzene rings is 1. The van der Waals surface area contributed by atoms with Gasteiger partial charge in [0, 0.05) is 6.04 Å². The zero-order valence-corrected chi connectivity index (χ0v) is 12.4. The Morgan fingerprint density at radius 2 is 2.10 bits per heavy atom. The molecule has 0 spiro atoms. The summed E-state index contributed by atoms with van der Waals surface area (Å²) in [6, 6.07) is 4.79. The number of rotatable bonds is 3. The molecule has 21 heavy (non-hydrogen) atoms. The molecule has 1 aromatic carbocycles. The number of fused-ring (bicyclic) bond motifs is 1. The summed E-state index contributed by atoms with van der Waals surface area (Å²) in [5.74, 6) is 0.315. The van der Waals surface area contributed by atoms with Gasteiger partial charge in [-0.3, -0.25) is 4.79 Å². The molecule has 1 unspecified atom stereocenters. The molecule has 1 atom stereocenters. The number of carbonyl (C=O) groups excluding carboxylic acids is 1. The van der Waals surface area contributed by atoms with E-state index < -0.39 is 10.0 Å². The first kappa shape index (κ1) is 14.3. The summed E-state index contributed by atoms with van der Waals surface area (Å²) >= 11 is 0. The van der Waals surface area contributed by atoms with E-state index in [1.54, 1.807) is 6.07 Å². The van der Waals surface area contributed by atoms with Gasteiger partial charge in [0.05, 0.1) is 10.8 Å². The molecule has 1 aromatic rings. The number of nitrogens with one attached hydrogen (secondary N) is 1. The second-order valence-electron chi connectivity index (χ2n) is 5.66. The van der Waals surface area contributed by atoms with Crippen LogP contribution in [0.4, 0.5) is 0 Å². The maximum absolute atomic E-state index is 12.2. The third-order valence-electron chi connectivity index (χ3n) is 4.09. The van der Waals surface area contributed by atoms with Crippen molar-refractivity contribution in [1.82, 2.24) is 5.32 Å². The molecule has 1 fully saturated rings. The van der Waals surface area contributed by atoms with Gasteiger partial charge < -0.3 is 10.1 Å². The van der Waals surface area contributed by atoms with Crippen molar-refractivity contribution >= 4 is 15.9 Å². The Labute approximate surface area is 123 Å². The number of ether oxygens (including phenoxy) is 1. The number of primary sulfonamides is 1. The van der Waals surface area contributed by atoms with E-state index in [0.29, 0.717) is 24.3 Å². The molecule has 0 saturated heterocycles. The van der Waals surface area contributed by atoms with Gasteiger partial charge in [-0.05, 0) is 49.4 Å². The van der Waals surface area contributed by atoms with Gasteiger partial charge in [0.15, 0.2) is 0 Å². The summed E-state index contributed by atoms with van der Waals surface area (Å²) in [4.78, 5) is 12.2. The molecular formula is C14H18N2O4S. The molecule has 0 aromatic heterocycles. The number of amides is 1. The molecular weight excluding hydrogens is 292 g/mol. The van der Waals surface area contributed by atoms with Crippen LogP contribution in [0.25, 0.3) is 0 Å². The van der Waals surface area contributed by atoms with Crippen LogP contribution in [0.5, 0.6) is 5.75 Å². The number of hydrogen-bond acceptors (Lipinski definition) is 4. The van der Waals surface area contributed by atoms with Gasteiger partial charge in [-0.15, -0.1) is 0 Å². The minimum Gasteiger partial charge on any atom is -0.492 e. The second kappa shape index (κ2) is 5.31. The predicted octanol–water partition coefficient (Wildman–Crippen LogP) is 0.554. The van der Waals surface area contributed by atoms with E-state index in [0.717, 1.165) is 19.3 Å². The molecule has 1 aliphatic heterocycles. The first-order valence-electron chi connectivity index (χ1n) is 7.02. The maximum Gasteiger partial charge on any atom is 0.238 e. The SMILES string of the molecule is NS(=O)(=O)c1ccc2c(c1)CC(C(=O)NC1CCC1)CO2. The van der Waals surface area contributed by atoms with Crippen molar-refractivity contribution in [1.29, 1.82) is 0 Å². The van der Waals surface area contributed by atoms with Crippen LogP contribution >= 0.6 is 0 Å². The largest absolute Gasteiger partial charge is 0.492 e. The summed E-state index contributed by atoms with van der Waals surface area (Å²) in [5, 5.41) is 8.13. The topological polar surface area (TPSA) is 98.5 Å². The maximum atomic E-state index is 12.2. The number of carbonyl (C=O) groups is 1. The standard InChI is InChI=1S/C14H18N2O4S/c15-21(18,19)12-4-5-13-9(7-12)6-10(8-20-13)14(17)16-11-2-1-3-11/h4-5,7,10-11H,1-3,6,8H2,(H,16,17)(H2,15,18,19). The minimum atomic E-state index is -3.74. The van der Waals surface area contributed by atoms with Crippen molar-refractivity contribution in [3.05, 3.63) is 23.8 Å². The lowest BCUT2D eigenvalue weighted by atomic mass is 9.91. The molecule has 114 valence electrons. The van der Waals surface area contributed by atoms with Crippen molar-refractivity contribution in [2.75, 3.05) is 6.61 Å². The highest BCUT2D eigenvalue weighted by Crippen LogP contribution is 2.30. The van der Waals surface area contributed by atoms with Gasteiger partial charge in [-0.2, -0.15) is 0 Å². The first-order chi connectivity index (χ1) is 9.93. The van der Waals surface area contributed by atoms with Gasteiger partial charge >= 0.3 is 0 Å². The summed E-state index contributed by atoms with van der Waals surface area (Å²) in [5.41, 5.74) is 0.710. The van der Waals surface area contributed by atoms with Gasteiger partial charge in [0.1, 0.15) is 12.4 Å². The Hall–Kier alpha value is -1.60. The van der Waals surface area contributed by atoms with Crippen LogP contribution in [0.1, 0.15) is 24.8 Å². The Bertz CT molecular complexity index is 668. The minimum absolute atomic E-state index is 0.0219. The second-order valence-corrected chi connectivity index (χ2v) is 7.22. The lowest BCUT2D eigenvalue weighted by molar-refractivity contribution is -0.127. The van der Waals surface area contributed by atoms with Crippen molar-refractivity contribution in [3.63, 3.8) is 0 Å². The Morgan fingerprint density at radius 1 is 1.33 bits per heavy atom. The number of sulfonamides is 1. The molecule has 6 nitrogen and oxygen atoms in total. The average molecular weight is 310 g/mol. The van der Waals surface area contributed by atoms with E-state index in [4.69, 9.17) is 9.88 Å². The molecule has 0 bridgehead atoms. The van der Waals surface area contributed by atoms with Crippen LogP contribution in [-0.2, 0) is 21.2 Å². The zero-order chi connectivity index (χ0) is 15.0. The van der Waals surface area contributed by atoms with E-state index in [2.05, 4.69) is 5.32 Å². The van der Waals surface area contributed by atoms with Gasteiger partial charge in [-0.25, -0.2) is 13.6 Å². The highest BCUT2D eigenvalue weighted by molar-refractivity contribution is 7.89. The highest BCUT2D eigenvalue weighted by atomic mass is 32.2. The Kier molecular flexibility index (Phi) is 3.62. The smallest absolute Gasteiger partial charge is 0.238 e. The molecule has 2 aliphatic rings. The number of hydrogen-bond donors (Lipinski definition) is 2. The summed E-state index contributed by atoms with van der Waals surface area (Å²) in [6.45, 7) is 0.320. The van der Waals surface area contributed by atoms with Crippen molar-refractivity contribution in [2.24, 2.45) is 11.1 Å². The zero-order valence-electron chi connectivity index (χ0n) is 11.5. The Morgan fingerprint density at radius 3 is 2.71 bits per heavy atom. The quantitative estimate of drug-likeness (QED) is 0.852. The molecule has 1 amide bonds. The predicted molar refractivity (Wildman–Crippen MR) is 76.3 cm³/mol. The lowest BCUT2D eigenvalue weighted by Gasteiger charge is -2.30. The molecule has 1 aliphatic carbocycles. The molecule has 1 saturated carbocycles. The Balaban J connectivity index is 1.75. The molecule has 3 N–H and O–H groups in total. The van der Waals surface area contributed by atoms with Crippen LogP contribution in [0.3, 0.4) is 0 Å². The summed E-state index contributed by atoms with van der Waals surface area (Å²) < 4.78 is 28.3. The normalized spacial score (nSPS) is 21.9. The van der Waals surface area contributed by atoms with Crippen LogP contribution in [0.15, 0.2) is 23.1 Å². The fourth-order valence-electron chi connectivity index (χ4n) is 2.59. The highest BCUT2D eigenvalue weighted by Gasteiger charge is 2.29. The van der Waals surface area contributed by atoms with Crippen molar-refractivity contribution in [3.8, 4) is 5.75 Å². The lowest BCUT2D eigenvalue weighted by Crippen LogP contribution is -2.45. The third kappa shape index (κ3) is 3.03. The summed E-state index contributed by atoms with van der Waals surface area (Å²) in [6.07, 6.45) is 3.70. The fourth-order valence-corrected chi connectivity index (χ4v) is 3.15.